The number of hydrogen-bond donors (Lipinski definition) is 1. The standard InChI is InChI=1S/C13H11FN2O/c1-9-5-6-10(8-11(9)14)16-13(17)12-4-2-3-7-15-12/h2-8H,1H3,(H,16,17). The predicted molar refractivity (Wildman–Crippen MR) is 63.3 cm³/mol. The van der Waals surface area contributed by atoms with Crippen molar-refractivity contribution in [1.82, 2.24) is 4.98 Å². The van der Waals surface area contributed by atoms with Crippen LogP contribution in [0.1, 0.15) is 16.1 Å². The lowest BCUT2D eigenvalue weighted by atomic mass is 10.2. The molecule has 0 radical (unpaired) electrons. The highest BCUT2D eigenvalue weighted by Gasteiger charge is 2.07. The Kier molecular flexibility index (Phi) is 3.14. The lowest BCUT2D eigenvalue weighted by Crippen LogP contribution is -2.13. The summed E-state index contributed by atoms with van der Waals surface area (Å²) in [6.07, 6.45) is 1.53. The largest absolute Gasteiger partial charge is 0.321 e. The molecule has 2 aromatic rings. The molecule has 1 aromatic carbocycles. The molecule has 1 amide bonds. The quantitative estimate of drug-likeness (QED) is 0.861. The van der Waals surface area contributed by atoms with Crippen LogP contribution in [0.4, 0.5) is 10.1 Å². The molecule has 86 valence electrons. The highest BCUT2D eigenvalue weighted by atomic mass is 19.1. The molecule has 0 fully saturated rings. The summed E-state index contributed by atoms with van der Waals surface area (Å²) in [4.78, 5) is 15.6. The lowest BCUT2D eigenvalue weighted by molar-refractivity contribution is 0.102. The summed E-state index contributed by atoms with van der Waals surface area (Å²) in [7, 11) is 0. The van der Waals surface area contributed by atoms with Gasteiger partial charge in [-0.25, -0.2) is 4.39 Å². The second-order valence-corrected chi connectivity index (χ2v) is 3.63. The maximum Gasteiger partial charge on any atom is 0.274 e. The molecule has 0 atom stereocenters. The van der Waals surface area contributed by atoms with E-state index >= 15 is 0 Å². The topological polar surface area (TPSA) is 42.0 Å². The average Bonchev–Trinajstić information content (AvgIpc) is 2.35. The number of anilines is 1. The van der Waals surface area contributed by atoms with E-state index in [0.29, 0.717) is 16.9 Å². The smallest absolute Gasteiger partial charge is 0.274 e. The third-order valence-corrected chi connectivity index (χ3v) is 2.33. The Balaban J connectivity index is 2.16. The molecular formula is C13H11FN2O. The van der Waals surface area contributed by atoms with E-state index in [1.807, 2.05) is 0 Å². The molecule has 17 heavy (non-hydrogen) atoms. The highest BCUT2D eigenvalue weighted by Crippen LogP contribution is 2.14. The van der Waals surface area contributed by atoms with Crippen LogP contribution in [0.3, 0.4) is 0 Å². The Morgan fingerprint density at radius 1 is 1.29 bits per heavy atom. The fraction of sp³-hybridized carbons (Fsp3) is 0.0769. The zero-order chi connectivity index (χ0) is 12.3. The van der Waals surface area contributed by atoms with Crippen LogP contribution < -0.4 is 5.32 Å². The van der Waals surface area contributed by atoms with E-state index in [1.165, 1.54) is 12.3 Å². The van der Waals surface area contributed by atoms with E-state index in [-0.39, 0.29) is 11.7 Å². The van der Waals surface area contributed by atoms with E-state index in [0.717, 1.165) is 0 Å². The Morgan fingerprint density at radius 2 is 2.12 bits per heavy atom. The number of amides is 1. The first kappa shape index (κ1) is 11.3. The number of pyridine rings is 1. The third-order valence-electron chi connectivity index (χ3n) is 2.33. The number of benzene rings is 1. The second-order valence-electron chi connectivity index (χ2n) is 3.63. The molecule has 2 rings (SSSR count). The zero-order valence-electron chi connectivity index (χ0n) is 9.27. The first-order valence-corrected chi connectivity index (χ1v) is 5.15. The SMILES string of the molecule is Cc1ccc(NC(=O)c2ccccn2)cc1F. The molecule has 3 nitrogen and oxygen atoms in total. The van der Waals surface area contributed by atoms with Gasteiger partial charge in [0, 0.05) is 11.9 Å². The molecule has 0 spiro atoms. The van der Waals surface area contributed by atoms with Gasteiger partial charge in [-0.05, 0) is 36.8 Å². The summed E-state index contributed by atoms with van der Waals surface area (Å²) in [5, 5.41) is 2.58. The summed E-state index contributed by atoms with van der Waals surface area (Å²) in [5.74, 6) is -0.697. The highest BCUT2D eigenvalue weighted by molar-refractivity contribution is 6.02. The van der Waals surface area contributed by atoms with Gasteiger partial charge in [0.2, 0.25) is 0 Å². The van der Waals surface area contributed by atoms with Crippen molar-refractivity contribution >= 4 is 11.6 Å². The lowest BCUT2D eigenvalue weighted by Gasteiger charge is -2.05. The number of aromatic nitrogens is 1. The van der Waals surface area contributed by atoms with Crippen LogP contribution in [0.15, 0.2) is 42.6 Å². The number of hydrogen-bond acceptors (Lipinski definition) is 2. The molecule has 1 aromatic heterocycles. The summed E-state index contributed by atoms with van der Waals surface area (Å²) < 4.78 is 13.3. The van der Waals surface area contributed by atoms with Gasteiger partial charge in [-0.15, -0.1) is 0 Å². The molecule has 0 bridgehead atoms. The maximum absolute atomic E-state index is 13.3. The van der Waals surface area contributed by atoms with Crippen molar-refractivity contribution in [1.29, 1.82) is 0 Å². The van der Waals surface area contributed by atoms with Crippen LogP contribution in [0.2, 0.25) is 0 Å². The summed E-state index contributed by atoms with van der Waals surface area (Å²) >= 11 is 0. The van der Waals surface area contributed by atoms with Crippen LogP contribution in [-0.2, 0) is 0 Å². The van der Waals surface area contributed by atoms with Crippen molar-refractivity contribution in [2.75, 3.05) is 5.32 Å². The molecule has 1 heterocycles. The molecule has 0 unspecified atom stereocenters. The van der Waals surface area contributed by atoms with Crippen molar-refractivity contribution in [3.63, 3.8) is 0 Å². The van der Waals surface area contributed by atoms with Gasteiger partial charge in [0.05, 0.1) is 0 Å². The Morgan fingerprint density at radius 3 is 2.76 bits per heavy atom. The van der Waals surface area contributed by atoms with Crippen molar-refractivity contribution in [3.05, 3.63) is 59.7 Å². The molecule has 0 aliphatic carbocycles. The van der Waals surface area contributed by atoms with Gasteiger partial charge in [0.15, 0.2) is 0 Å². The van der Waals surface area contributed by atoms with Crippen molar-refractivity contribution in [2.24, 2.45) is 0 Å². The minimum Gasteiger partial charge on any atom is -0.321 e. The zero-order valence-corrected chi connectivity index (χ0v) is 9.27. The van der Waals surface area contributed by atoms with E-state index in [1.54, 1.807) is 37.3 Å². The number of nitrogens with one attached hydrogen (secondary N) is 1. The van der Waals surface area contributed by atoms with Crippen LogP contribution in [0.25, 0.3) is 0 Å². The Hall–Kier alpha value is -2.23. The average molecular weight is 230 g/mol. The predicted octanol–water partition coefficient (Wildman–Crippen LogP) is 2.78. The van der Waals surface area contributed by atoms with Crippen LogP contribution >= 0.6 is 0 Å². The van der Waals surface area contributed by atoms with Crippen molar-refractivity contribution in [2.45, 2.75) is 6.92 Å². The molecule has 4 heteroatoms. The first-order valence-electron chi connectivity index (χ1n) is 5.15. The van der Waals surface area contributed by atoms with Gasteiger partial charge >= 0.3 is 0 Å². The van der Waals surface area contributed by atoms with Crippen molar-refractivity contribution < 1.29 is 9.18 Å². The number of carbonyl (C=O) groups excluding carboxylic acids is 1. The van der Waals surface area contributed by atoms with E-state index in [4.69, 9.17) is 0 Å². The molecular weight excluding hydrogens is 219 g/mol. The van der Waals surface area contributed by atoms with Crippen LogP contribution in [-0.4, -0.2) is 10.9 Å². The summed E-state index contributed by atoms with van der Waals surface area (Å²) in [5.41, 5.74) is 1.26. The fourth-order valence-corrected chi connectivity index (χ4v) is 1.36. The minimum atomic E-state index is -0.353. The molecule has 1 N–H and O–H groups in total. The van der Waals surface area contributed by atoms with E-state index in [9.17, 15) is 9.18 Å². The number of nitrogens with zero attached hydrogens (tertiary/aromatic N) is 1. The Bertz CT molecular complexity index is 540. The fourth-order valence-electron chi connectivity index (χ4n) is 1.36. The van der Waals surface area contributed by atoms with Crippen LogP contribution in [0, 0.1) is 12.7 Å². The monoisotopic (exact) mass is 230 g/mol. The number of rotatable bonds is 2. The maximum atomic E-state index is 13.3. The summed E-state index contributed by atoms with van der Waals surface area (Å²) in [6, 6.07) is 9.60. The summed E-state index contributed by atoms with van der Waals surface area (Å²) in [6.45, 7) is 1.67. The van der Waals surface area contributed by atoms with Crippen LogP contribution in [0.5, 0.6) is 0 Å². The van der Waals surface area contributed by atoms with Gasteiger partial charge in [-0.3, -0.25) is 9.78 Å². The number of halogens is 1. The van der Waals surface area contributed by atoms with Gasteiger partial charge < -0.3 is 5.32 Å². The van der Waals surface area contributed by atoms with E-state index in [2.05, 4.69) is 10.3 Å². The molecule has 0 saturated carbocycles. The first-order chi connectivity index (χ1) is 8.16. The van der Waals surface area contributed by atoms with Gasteiger partial charge in [0.1, 0.15) is 11.5 Å². The molecule has 0 aliphatic heterocycles. The van der Waals surface area contributed by atoms with E-state index < -0.39 is 0 Å². The van der Waals surface area contributed by atoms with Gasteiger partial charge in [0.25, 0.3) is 5.91 Å². The second kappa shape index (κ2) is 4.74. The minimum absolute atomic E-state index is 0.300. The molecule has 0 saturated heterocycles. The number of aryl methyl sites for hydroxylation is 1. The number of carbonyl (C=O) groups is 1. The van der Waals surface area contributed by atoms with Gasteiger partial charge in [-0.2, -0.15) is 0 Å². The van der Waals surface area contributed by atoms with Crippen molar-refractivity contribution in [3.8, 4) is 0 Å². The third kappa shape index (κ3) is 2.66. The normalized spacial score (nSPS) is 10.0. The van der Waals surface area contributed by atoms with Gasteiger partial charge in [-0.1, -0.05) is 12.1 Å². The molecule has 0 aliphatic rings. The Labute approximate surface area is 98.3 Å².